The van der Waals surface area contributed by atoms with Gasteiger partial charge < -0.3 is 10.5 Å². The van der Waals surface area contributed by atoms with Gasteiger partial charge in [-0.2, -0.15) is 0 Å². The zero-order valence-electron chi connectivity index (χ0n) is 11.7. The van der Waals surface area contributed by atoms with Gasteiger partial charge in [-0.3, -0.25) is 4.90 Å². The highest BCUT2D eigenvalue weighted by Crippen LogP contribution is 2.28. The van der Waals surface area contributed by atoms with Crippen LogP contribution in [0.4, 0.5) is 4.39 Å². The molecule has 1 aromatic rings. The molecule has 0 aliphatic carbocycles. The molecular formula is C15H23FN2O. The summed E-state index contributed by atoms with van der Waals surface area (Å²) in [4.78, 5) is 2.29. The molecule has 0 radical (unpaired) electrons. The minimum atomic E-state index is -0.209. The van der Waals surface area contributed by atoms with Gasteiger partial charge in [-0.1, -0.05) is 19.1 Å². The fourth-order valence-electron chi connectivity index (χ4n) is 2.74. The minimum Gasteiger partial charge on any atom is -0.380 e. The number of likely N-dealkylation sites (N-methyl/N-ethyl adjacent to an activating group) is 1. The molecule has 2 rings (SSSR count). The van der Waals surface area contributed by atoms with Crippen molar-refractivity contribution in [1.82, 2.24) is 4.90 Å². The Balaban J connectivity index is 2.21. The topological polar surface area (TPSA) is 38.5 Å². The maximum Gasteiger partial charge on any atom is 0.123 e. The van der Waals surface area contributed by atoms with Crippen molar-refractivity contribution in [3.05, 3.63) is 35.6 Å². The lowest BCUT2D eigenvalue weighted by molar-refractivity contribution is 0.119. The van der Waals surface area contributed by atoms with Gasteiger partial charge in [0.2, 0.25) is 0 Å². The van der Waals surface area contributed by atoms with Gasteiger partial charge in [0, 0.05) is 24.7 Å². The fraction of sp³-hybridized carbons (Fsp3) is 0.600. The first-order chi connectivity index (χ1) is 9.13. The van der Waals surface area contributed by atoms with Crippen LogP contribution in [0.2, 0.25) is 0 Å². The Morgan fingerprint density at radius 3 is 2.63 bits per heavy atom. The van der Waals surface area contributed by atoms with E-state index in [4.69, 9.17) is 10.5 Å². The Kier molecular flexibility index (Phi) is 4.91. The van der Waals surface area contributed by atoms with E-state index in [-0.39, 0.29) is 17.9 Å². The second-order valence-electron chi connectivity index (χ2n) is 5.25. The number of benzene rings is 1. The van der Waals surface area contributed by atoms with Crippen LogP contribution in [0.5, 0.6) is 0 Å². The molecule has 1 heterocycles. The van der Waals surface area contributed by atoms with Crippen LogP contribution in [0.1, 0.15) is 31.4 Å². The number of rotatable bonds is 5. The van der Waals surface area contributed by atoms with Crippen LogP contribution in [0.25, 0.3) is 0 Å². The molecule has 3 nitrogen and oxygen atoms in total. The van der Waals surface area contributed by atoms with Gasteiger partial charge in [-0.05, 0) is 37.6 Å². The van der Waals surface area contributed by atoms with Crippen molar-refractivity contribution in [2.45, 2.75) is 37.9 Å². The molecule has 1 aliphatic heterocycles. The zero-order valence-corrected chi connectivity index (χ0v) is 11.7. The minimum absolute atomic E-state index is 0.0380. The molecule has 106 valence electrons. The smallest absolute Gasteiger partial charge is 0.123 e. The second-order valence-corrected chi connectivity index (χ2v) is 5.25. The Hall–Kier alpha value is -0.970. The van der Waals surface area contributed by atoms with Crippen LogP contribution < -0.4 is 5.73 Å². The van der Waals surface area contributed by atoms with E-state index in [1.54, 1.807) is 0 Å². The Labute approximate surface area is 114 Å². The predicted molar refractivity (Wildman–Crippen MR) is 74.4 cm³/mol. The number of ether oxygens (including phenoxy) is 1. The number of nitrogens with zero attached hydrogens (tertiary/aromatic N) is 1. The molecule has 4 heteroatoms. The second kappa shape index (κ2) is 6.46. The van der Waals surface area contributed by atoms with E-state index in [2.05, 4.69) is 18.9 Å². The highest BCUT2D eigenvalue weighted by Gasteiger charge is 2.30. The summed E-state index contributed by atoms with van der Waals surface area (Å²) in [6.45, 7) is 3.65. The number of nitrogens with two attached hydrogens (primary N) is 1. The molecule has 0 spiro atoms. The lowest BCUT2D eigenvalue weighted by Crippen LogP contribution is -2.44. The summed E-state index contributed by atoms with van der Waals surface area (Å²) in [6.07, 6.45) is 1.92. The molecule has 3 unspecified atom stereocenters. The summed E-state index contributed by atoms with van der Waals surface area (Å²) in [7, 11) is 2.09. The van der Waals surface area contributed by atoms with Crippen LogP contribution in [0, 0.1) is 5.82 Å². The van der Waals surface area contributed by atoms with Gasteiger partial charge in [0.1, 0.15) is 5.82 Å². The van der Waals surface area contributed by atoms with Crippen LogP contribution in [-0.2, 0) is 4.74 Å². The largest absolute Gasteiger partial charge is 0.380 e. The molecule has 0 aromatic heterocycles. The molecule has 1 fully saturated rings. The fourth-order valence-corrected chi connectivity index (χ4v) is 2.74. The average Bonchev–Trinajstić information content (AvgIpc) is 2.95. The van der Waals surface area contributed by atoms with Crippen molar-refractivity contribution >= 4 is 0 Å². The first-order valence-corrected chi connectivity index (χ1v) is 6.94. The van der Waals surface area contributed by atoms with E-state index in [9.17, 15) is 4.39 Å². The summed E-state index contributed by atoms with van der Waals surface area (Å²) in [5, 5.41) is 0. The third kappa shape index (κ3) is 3.32. The van der Waals surface area contributed by atoms with Crippen molar-refractivity contribution in [1.29, 1.82) is 0 Å². The summed E-state index contributed by atoms with van der Waals surface area (Å²) in [5.74, 6) is -0.209. The summed E-state index contributed by atoms with van der Waals surface area (Å²) in [6, 6.07) is 7.22. The molecule has 1 aliphatic rings. The van der Waals surface area contributed by atoms with Gasteiger partial charge in [0.05, 0.1) is 6.61 Å². The van der Waals surface area contributed by atoms with E-state index in [1.807, 2.05) is 12.1 Å². The quantitative estimate of drug-likeness (QED) is 0.889. The third-order valence-corrected chi connectivity index (χ3v) is 4.01. The summed E-state index contributed by atoms with van der Waals surface area (Å²) < 4.78 is 18.5. The van der Waals surface area contributed by atoms with Gasteiger partial charge >= 0.3 is 0 Å². The maximum absolute atomic E-state index is 13.1. The number of hydrogen-bond acceptors (Lipinski definition) is 3. The molecule has 0 amide bonds. The van der Waals surface area contributed by atoms with Crippen molar-refractivity contribution in [2.24, 2.45) is 5.73 Å². The maximum atomic E-state index is 13.1. The van der Waals surface area contributed by atoms with E-state index in [0.29, 0.717) is 6.04 Å². The van der Waals surface area contributed by atoms with Gasteiger partial charge in [0.15, 0.2) is 0 Å². The van der Waals surface area contributed by atoms with Crippen molar-refractivity contribution in [2.75, 3.05) is 20.3 Å². The first-order valence-electron chi connectivity index (χ1n) is 6.94. The van der Waals surface area contributed by atoms with Crippen LogP contribution in [-0.4, -0.2) is 37.2 Å². The normalized spacial score (nSPS) is 22.7. The molecule has 2 N–H and O–H groups in total. The molecule has 0 bridgehead atoms. The Bertz CT molecular complexity index is 390. The van der Waals surface area contributed by atoms with E-state index in [1.165, 1.54) is 12.1 Å². The highest BCUT2D eigenvalue weighted by atomic mass is 19.1. The third-order valence-electron chi connectivity index (χ3n) is 4.01. The Morgan fingerprint density at radius 1 is 1.42 bits per heavy atom. The Morgan fingerprint density at radius 2 is 2.11 bits per heavy atom. The lowest BCUT2D eigenvalue weighted by atomic mass is 9.95. The van der Waals surface area contributed by atoms with Crippen molar-refractivity contribution in [3.63, 3.8) is 0 Å². The number of hydrogen-bond donors (Lipinski definition) is 1. The van der Waals surface area contributed by atoms with Gasteiger partial charge in [-0.15, -0.1) is 0 Å². The monoisotopic (exact) mass is 266 g/mol. The van der Waals surface area contributed by atoms with E-state index in [0.717, 1.165) is 31.6 Å². The molecule has 1 saturated heterocycles. The summed E-state index contributed by atoms with van der Waals surface area (Å²) in [5.41, 5.74) is 7.35. The van der Waals surface area contributed by atoms with E-state index < -0.39 is 0 Å². The van der Waals surface area contributed by atoms with Crippen molar-refractivity contribution in [3.8, 4) is 0 Å². The molecular weight excluding hydrogens is 243 g/mol. The van der Waals surface area contributed by atoms with Gasteiger partial charge in [0.25, 0.3) is 0 Å². The SMILES string of the molecule is CCC(N)C(c1ccc(F)cc1)N(C)C1CCOC1. The molecule has 19 heavy (non-hydrogen) atoms. The van der Waals surface area contributed by atoms with Crippen LogP contribution >= 0.6 is 0 Å². The van der Waals surface area contributed by atoms with Crippen molar-refractivity contribution < 1.29 is 9.13 Å². The first kappa shape index (κ1) is 14.4. The highest BCUT2D eigenvalue weighted by molar-refractivity contribution is 5.22. The number of halogens is 1. The molecule has 3 atom stereocenters. The standard InChI is InChI=1S/C15H23FN2O/c1-3-14(17)15(11-4-6-12(16)7-5-11)18(2)13-8-9-19-10-13/h4-7,13-15H,3,8-10,17H2,1-2H3. The van der Waals surface area contributed by atoms with Crippen LogP contribution in [0.3, 0.4) is 0 Å². The van der Waals surface area contributed by atoms with Crippen LogP contribution in [0.15, 0.2) is 24.3 Å². The molecule has 0 saturated carbocycles. The summed E-state index contributed by atoms with van der Waals surface area (Å²) >= 11 is 0. The van der Waals surface area contributed by atoms with E-state index >= 15 is 0 Å². The average molecular weight is 266 g/mol. The lowest BCUT2D eigenvalue weighted by Gasteiger charge is -2.36. The predicted octanol–water partition coefficient (Wildman–Crippen LogP) is 2.32. The van der Waals surface area contributed by atoms with Gasteiger partial charge in [-0.25, -0.2) is 4.39 Å². The molecule has 1 aromatic carbocycles. The zero-order chi connectivity index (χ0) is 13.8.